The number of hydrogen-bond donors (Lipinski definition) is 1. The highest BCUT2D eigenvalue weighted by atomic mass is 16.6. The van der Waals surface area contributed by atoms with Crippen molar-refractivity contribution in [1.29, 1.82) is 0 Å². The van der Waals surface area contributed by atoms with Crippen molar-refractivity contribution in [2.75, 3.05) is 26.2 Å². The van der Waals surface area contributed by atoms with E-state index in [-0.39, 0.29) is 18.5 Å². The van der Waals surface area contributed by atoms with Crippen molar-refractivity contribution in [3.63, 3.8) is 0 Å². The Morgan fingerprint density at radius 3 is 2.64 bits per heavy atom. The molecule has 0 unspecified atom stereocenters. The second-order valence-electron chi connectivity index (χ2n) is 6.98. The molecule has 0 spiro atoms. The zero-order valence-corrected chi connectivity index (χ0v) is 14.6. The summed E-state index contributed by atoms with van der Waals surface area (Å²) in [5.74, 6) is 0.320. The average Bonchev–Trinajstić information content (AvgIpc) is 3.49. The van der Waals surface area contributed by atoms with Crippen LogP contribution in [0, 0.1) is 5.92 Å². The van der Waals surface area contributed by atoms with Gasteiger partial charge in [0, 0.05) is 25.7 Å². The standard InChI is InChI=1S/C19H27N3O3/c20-11-18(23)22(17-8-9-17)13-16-7-4-10-21(12-16)19(24)25-14-15-5-2-1-3-6-15/h1-3,5-6,16-17H,4,7-14,20H2/t16-/m0/s1. The zero-order valence-electron chi connectivity index (χ0n) is 14.6. The van der Waals surface area contributed by atoms with Crippen LogP contribution in [0.3, 0.4) is 0 Å². The van der Waals surface area contributed by atoms with E-state index in [0.717, 1.165) is 37.8 Å². The summed E-state index contributed by atoms with van der Waals surface area (Å²) in [5.41, 5.74) is 6.52. The molecule has 25 heavy (non-hydrogen) atoms. The number of ether oxygens (including phenoxy) is 1. The molecule has 136 valence electrons. The van der Waals surface area contributed by atoms with Gasteiger partial charge in [-0.05, 0) is 37.2 Å². The van der Waals surface area contributed by atoms with Crippen LogP contribution in [0.4, 0.5) is 4.79 Å². The van der Waals surface area contributed by atoms with Gasteiger partial charge in [-0.1, -0.05) is 30.3 Å². The van der Waals surface area contributed by atoms with Crippen molar-refractivity contribution in [3.05, 3.63) is 35.9 Å². The Labute approximate surface area is 148 Å². The van der Waals surface area contributed by atoms with Crippen molar-refractivity contribution in [1.82, 2.24) is 9.80 Å². The number of carbonyl (C=O) groups excluding carboxylic acids is 2. The second-order valence-corrected chi connectivity index (χ2v) is 6.98. The molecule has 6 heteroatoms. The molecule has 0 radical (unpaired) electrons. The monoisotopic (exact) mass is 345 g/mol. The van der Waals surface area contributed by atoms with Gasteiger partial charge in [-0.3, -0.25) is 4.79 Å². The lowest BCUT2D eigenvalue weighted by atomic mass is 9.97. The van der Waals surface area contributed by atoms with E-state index < -0.39 is 0 Å². The summed E-state index contributed by atoms with van der Waals surface area (Å²) in [7, 11) is 0. The van der Waals surface area contributed by atoms with E-state index in [2.05, 4.69) is 0 Å². The highest BCUT2D eigenvalue weighted by molar-refractivity contribution is 5.78. The van der Waals surface area contributed by atoms with Crippen LogP contribution in [-0.2, 0) is 16.1 Å². The second kappa shape index (κ2) is 8.34. The third kappa shape index (κ3) is 4.95. The summed E-state index contributed by atoms with van der Waals surface area (Å²) >= 11 is 0. The summed E-state index contributed by atoms with van der Waals surface area (Å²) in [6.45, 7) is 2.42. The predicted octanol–water partition coefficient (Wildman–Crippen LogP) is 1.98. The van der Waals surface area contributed by atoms with E-state index in [0.29, 0.717) is 31.7 Å². The van der Waals surface area contributed by atoms with Crippen LogP contribution in [0.5, 0.6) is 0 Å². The number of rotatable bonds is 6. The molecule has 1 atom stereocenters. The molecule has 2 N–H and O–H groups in total. The molecule has 2 amide bonds. The van der Waals surface area contributed by atoms with Gasteiger partial charge in [0.05, 0.1) is 6.54 Å². The molecule has 3 rings (SSSR count). The summed E-state index contributed by atoms with van der Waals surface area (Å²) in [6, 6.07) is 10.0. The summed E-state index contributed by atoms with van der Waals surface area (Å²) in [4.78, 5) is 28.1. The lowest BCUT2D eigenvalue weighted by Crippen LogP contribution is -2.47. The van der Waals surface area contributed by atoms with Crippen LogP contribution in [0.15, 0.2) is 30.3 Å². The third-order valence-electron chi connectivity index (χ3n) is 4.92. The van der Waals surface area contributed by atoms with Gasteiger partial charge in [0.25, 0.3) is 0 Å². The minimum atomic E-state index is -0.267. The highest BCUT2D eigenvalue weighted by Gasteiger charge is 2.35. The number of amides is 2. The number of nitrogens with zero attached hydrogens (tertiary/aromatic N) is 2. The van der Waals surface area contributed by atoms with Crippen LogP contribution in [0.2, 0.25) is 0 Å². The summed E-state index contributed by atoms with van der Waals surface area (Å²) in [5, 5.41) is 0. The smallest absolute Gasteiger partial charge is 0.410 e. The first-order valence-corrected chi connectivity index (χ1v) is 9.12. The van der Waals surface area contributed by atoms with Crippen LogP contribution >= 0.6 is 0 Å². The molecule has 1 saturated carbocycles. The Balaban J connectivity index is 1.50. The normalized spacial score (nSPS) is 20.2. The number of benzene rings is 1. The average molecular weight is 345 g/mol. The van der Waals surface area contributed by atoms with Gasteiger partial charge in [-0.15, -0.1) is 0 Å². The van der Waals surface area contributed by atoms with Crippen molar-refractivity contribution in [2.24, 2.45) is 11.7 Å². The molecule has 1 heterocycles. The first kappa shape index (κ1) is 17.7. The molecule has 1 aliphatic heterocycles. The number of likely N-dealkylation sites (tertiary alicyclic amines) is 1. The molecule has 1 aromatic carbocycles. The Bertz CT molecular complexity index is 589. The van der Waals surface area contributed by atoms with Gasteiger partial charge in [0.1, 0.15) is 6.61 Å². The van der Waals surface area contributed by atoms with Gasteiger partial charge < -0.3 is 20.3 Å². The summed E-state index contributed by atoms with van der Waals surface area (Å²) in [6.07, 6.45) is 3.85. The van der Waals surface area contributed by atoms with Crippen LogP contribution in [0.25, 0.3) is 0 Å². The molecule has 1 saturated heterocycles. The van der Waals surface area contributed by atoms with E-state index in [1.54, 1.807) is 4.90 Å². The van der Waals surface area contributed by atoms with E-state index in [1.807, 2.05) is 35.2 Å². The fraction of sp³-hybridized carbons (Fsp3) is 0.579. The lowest BCUT2D eigenvalue weighted by Gasteiger charge is -2.35. The molecule has 2 fully saturated rings. The van der Waals surface area contributed by atoms with Crippen molar-refractivity contribution in [2.45, 2.75) is 38.3 Å². The zero-order chi connectivity index (χ0) is 17.6. The lowest BCUT2D eigenvalue weighted by molar-refractivity contribution is -0.131. The third-order valence-corrected chi connectivity index (χ3v) is 4.92. The fourth-order valence-electron chi connectivity index (χ4n) is 3.43. The van der Waals surface area contributed by atoms with Crippen LogP contribution in [0.1, 0.15) is 31.2 Å². The minimum absolute atomic E-state index is 0.0197. The highest BCUT2D eigenvalue weighted by Crippen LogP contribution is 2.29. The molecule has 1 aliphatic carbocycles. The summed E-state index contributed by atoms with van der Waals surface area (Å²) < 4.78 is 5.44. The molecular formula is C19H27N3O3. The first-order chi connectivity index (χ1) is 12.2. The van der Waals surface area contributed by atoms with Gasteiger partial charge >= 0.3 is 6.09 Å². The van der Waals surface area contributed by atoms with Crippen molar-refractivity contribution < 1.29 is 14.3 Å². The minimum Gasteiger partial charge on any atom is -0.445 e. The predicted molar refractivity (Wildman–Crippen MR) is 94.7 cm³/mol. The molecular weight excluding hydrogens is 318 g/mol. The van der Waals surface area contributed by atoms with E-state index in [1.165, 1.54) is 0 Å². The van der Waals surface area contributed by atoms with Gasteiger partial charge in [0.2, 0.25) is 5.91 Å². The van der Waals surface area contributed by atoms with Crippen LogP contribution in [-0.4, -0.2) is 54.0 Å². The fourth-order valence-corrected chi connectivity index (χ4v) is 3.43. The van der Waals surface area contributed by atoms with E-state index in [9.17, 15) is 9.59 Å². The van der Waals surface area contributed by atoms with E-state index in [4.69, 9.17) is 10.5 Å². The van der Waals surface area contributed by atoms with Gasteiger partial charge in [0.15, 0.2) is 0 Å². The van der Waals surface area contributed by atoms with Gasteiger partial charge in [-0.25, -0.2) is 4.79 Å². The maximum atomic E-state index is 12.3. The Morgan fingerprint density at radius 2 is 1.96 bits per heavy atom. The molecule has 0 bridgehead atoms. The Kier molecular flexibility index (Phi) is 5.91. The molecule has 6 nitrogen and oxygen atoms in total. The Hall–Kier alpha value is -2.08. The maximum Gasteiger partial charge on any atom is 0.410 e. The SMILES string of the molecule is NCC(=O)N(C[C@H]1CCCN(C(=O)OCc2ccccc2)C1)C1CC1. The molecule has 2 aliphatic rings. The number of piperidine rings is 1. The first-order valence-electron chi connectivity index (χ1n) is 9.12. The van der Waals surface area contributed by atoms with E-state index >= 15 is 0 Å². The molecule has 0 aromatic heterocycles. The largest absolute Gasteiger partial charge is 0.445 e. The van der Waals surface area contributed by atoms with Crippen molar-refractivity contribution in [3.8, 4) is 0 Å². The number of nitrogens with two attached hydrogens (primary N) is 1. The van der Waals surface area contributed by atoms with Crippen molar-refractivity contribution >= 4 is 12.0 Å². The van der Waals surface area contributed by atoms with Gasteiger partial charge in [-0.2, -0.15) is 0 Å². The Morgan fingerprint density at radius 1 is 1.20 bits per heavy atom. The maximum absolute atomic E-state index is 12.3. The quantitative estimate of drug-likeness (QED) is 0.855. The molecule has 1 aromatic rings. The topological polar surface area (TPSA) is 75.9 Å². The number of carbonyl (C=O) groups is 2. The van der Waals surface area contributed by atoms with Crippen LogP contribution < -0.4 is 5.73 Å². The number of hydrogen-bond acceptors (Lipinski definition) is 4.